The van der Waals surface area contributed by atoms with Crippen LogP contribution in [0.1, 0.15) is 18.8 Å². The molecule has 0 aliphatic carbocycles. The maximum absolute atomic E-state index is 12.5. The van der Waals surface area contributed by atoms with Crippen molar-refractivity contribution in [2.75, 3.05) is 0 Å². The van der Waals surface area contributed by atoms with Crippen molar-refractivity contribution in [2.45, 2.75) is 13.0 Å². The van der Waals surface area contributed by atoms with Gasteiger partial charge in [-0.3, -0.25) is 4.40 Å². The molecule has 0 radical (unpaired) electrons. The molecule has 0 spiro atoms. The molecule has 19 heavy (non-hydrogen) atoms. The Balaban J connectivity index is 2.41. The molecule has 0 bridgehead atoms. The quantitative estimate of drug-likeness (QED) is 0.711. The summed E-state index contributed by atoms with van der Waals surface area (Å²) in [7, 11) is 0. The first-order valence-corrected chi connectivity index (χ1v) is 5.79. The summed E-state index contributed by atoms with van der Waals surface area (Å²) >= 11 is 0. The molecule has 0 amide bonds. The van der Waals surface area contributed by atoms with Gasteiger partial charge in [0.05, 0.1) is 24.1 Å². The van der Waals surface area contributed by atoms with Crippen molar-refractivity contribution in [1.82, 2.24) is 23.9 Å². The van der Waals surface area contributed by atoms with Gasteiger partial charge in [-0.15, -0.1) is 0 Å². The Labute approximate surface area is 108 Å². The molecule has 0 aromatic carbocycles. The SMILES string of the molecule is CC(N)c1nc2cccn2c(=O)n1-c1cncnc1. The van der Waals surface area contributed by atoms with E-state index in [0.29, 0.717) is 17.2 Å². The molecule has 3 aromatic heterocycles. The van der Waals surface area contributed by atoms with Gasteiger partial charge in [0.2, 0.25) is 0 Å². The van der Waals surface area contributed by atoms with Crippen LogP contribution in [-0.2, 0) is 0 Å². The minimum absolute atomic E-state index is 0.239. The number of hydrogen-bond donors (Lipinski definition) is 1. The number of nitrogens with zero attached hydrogens (tertiary/aromatic N) is 5. The van der Waals surface area contributed by atoms with Crippen molar-refractivity contribution < 1.29 is 0 Å². The van der Waals surface area contributed by atoms with E-state index < -0.39 is 0 Å². The minimum atomic E-state index is -0.382. The van der Waals surface area contributed by atoms with Crippen LogP contribution in [0, 0.1) is 0 Å². The van der Waals surface area contributed by atoms with Crippen LogP contribution in [-0.4, -0.2) is 23.9 Å². The molecule has 96 valence electrons. The molecule has 0 saturated heterocycles. The second-order valence-electron chi connectivity index (χ2n) is 4.21. The fraction of sp³-hybridized carbons (Fsp3) is 0.167. The number of aromatic nitrogens is 5. The van der Waals surface area contributed by atoms with E-state index in [1.165, 1.54) is 15.3 Å². The molecule has 1 unspecified atom stereocenters. The molecule has 7 nitrogen and oxygen atoms in total. The average Bonchev–Trinajstić information content (AvgIpc) is 2.88. The van der Waals surface area contributed by atoms with Crippen LogP contribution >= 0.6 is 0 Å². The third kappa shape index (κ3) is 1.80. The monoisotopic (exact) mass is 256 g/mol. The van der Waals surface area contributed by atoms with Gasteiger partial charge in [-0.05, 0) is 19.1 Å². The molecule has 3 heterocycles. The number of fused-ring (bicyclic) bond motifs is 1. The van der Waals surface area contributed by atoms with Crippen LogP contribution in [0.3, 0.4) is 0 Å². The van der Waals surface area contributed by atoms with Gasteiger partial charge >= 0.3 is 5.69 Å². The Morgan fingerprint density at radius 3 is 2.74 bits per heavy atom. The summed E-state index contributed by atoms with van der Waals surface area (Å²) in [4.78, 5) is 24.8. The van der Waals surface area contributed by atoms with Crippen LogP contribution in [0.2, 0.25) is 0 Å². The summed E-state index contributed by atoms with van der Waals surface area (Å²) in [5.41, 5.74) is 6.79. The van der Waals surface area contributed by atoms with E-state index in [-0.39, 0.29) is 11.7 Å². The van der Waals surface area contributed by atoms with Gasteiger partial charge < -0.3 is 5.73 Å². The molecule has 7 heteroatoms. The first kappa shape index (κ1) is 11.5. The minimum Gasteiger partial charge on any atom is -0.322 e. The summed E-state index contributed by atoms with van der Waals surface area (Å²) in [6.45, 7) is 1.78. The lowest BCUT2D eigenvalue weighted by atomic mass is 10.3. The van der Waals surface area contributed by atoms with Crippen molar-refractivity contribution >= 4 is 5.65 Å². The van der Waals surface area contributed by atoms with Crippen LogP contribution in [0.15, 0.2) is 41.8 Å². The first-order chi connectivity index (χ1) is 9.18. The van der Waals surface area contributed by atoms with E-state index >= 15 is 0 Å². The van der Waals surface area contributed by atoms with E-state index in [1.54, 1.807) is 37.6 Å². The number of hydrogen-bond acceptors (Lipinski definition) is 5. The van der Waals surface area contributed by atoms with E-state index in [4.69, 9.17) is 5.73 Å². The maximum Gasteiger partial charge on any atom is 0.340 e. The van der Waals surface area contributed by atoms with Crippen LogP contribution in [0.4, 0.5) is 0 Å². The lowest BCUT2D eigenvalue weighted by Gasteiger charge is -2.14. The predicted molar refractivity (Wildman–Crippen MR) is 69.0 cm³/mol. The Morgan fingerprint density at radius 1 is 1.32 bits per heavy atom. The van der Waals surface area contributed by atoms with Crippen LogP contribution < -0.4 is 11.4 Å². The topological polar surface area (TPSA) is 91.1 Å². The fourth-order valence-corrected chi connectivity index (χ4v) is 1.95. The second-order valence-corrected chi connectivity index (χ2v) is 4.21. The van der Waals surface area contributed by atoms with E-state index in [0.717, 1.165) is 0 Å². The zero-order valence-corrected chi connectivity index (χ0v) is 10.3. The van der Waals surface area contributed by atoms with Crippen molar-refractivity contribution in [3.63, 3.8) is 0 Å². The van der Waals surface area contributed by atoms with Crippen LogP contribution in [0.25, 0.3) is 11.3 Å². The van der Waals surface area contributed by atoms with E-state index in [1.807, 2.05) is 0 Å². The van der Waals surface area contributed by atoms with E-state index in [2.05, 4.69) is 15.0 Å². The smallest absolute Gasteiger partial charge is 0.322 e. The van der Waals surface area contributed by atoms with Crippen molar-refractivity contribution in [1.29, 1.82) is 0 Å². The van der Waals surface area contributed by atoms with E-state index in [9.17, 15) is 4.79 Å². The maximum atomic E-state index is 12.5. The molecular formula is C12H12N6O. The van der Waals surface area contributed by atoms with Crippen molar-refractivity contribution in [3.8, 4) is 5.69 Å². The zero-order chi connectivity index (χ0) is 13.4. The standard InChI is InChI=1S/C12H12N6O/c1-8(13)11-16-10-3-2-4-17(10)12(19)18(11)9-5-14-7-15-6-9/h2-8H,13H2,1H3. The summed E-state index contributed by atoms with van der Waals surface area (Å²) in [6.07, 6.45) is 6.17. The van der Waals surface area contributed by atoms with Gasteiger partial charge in [-0.1, -0.05) is 0 Å². The Kier molecular flexibility index (Phi) is 2.60. The fourth-order valence-electron chi connectivity index (χ4n) is 1.95. The van der Waals surface area contributed by atoms with Gasteiger partial charge in [0, 0.05) is 6.20 Å². The third-order valence-electron chi connectivity index (χ3n) is 2.80. The molecule has 1 atom stereocenters. The predicted octanol–water partition coefficient (Wildman–Crippen LogP) is 0.295. The van der Waals surface area contributed by atoms with Crippen molar-refractivity contribution in [3.05, 3.63) is 53.4 Å². The number of nitrogens with two attached hydrogens (primary N) is 1. The highest BCUT2D eigenvalue weighted by molar-refractivity contribution is 5.40. The summed E-state index contributed by atoms with van der Waals surface area (Å²) in [5, 5.41) is 0. The van der Waals surface area contributed by atoms with Gasteiger partial charge in [0.1, 0.15) is 17.8 Å². The van der Waals surface area contributed by atoms with Gasteiger partial charge in [-0.2, -0.15) is 0 Å². The molecule has 0 fully saturated rings. The van der Waals surface area contributed by atoms with Gasteiger partial charge in [0.15, 0.2) is 0 Å². The second kappa shape index (κ2) is 4.29. The third-order valence-corrected chi connectivity index (χ3v) is 2.80. The molecule has 0 aliphatic rings. The largest absolute Gasteiger partial charge is 0.340 e. The Bertz CT molecular complexity index is 774. The van der Waals surface area contributed by atoms with Crippen molar-refractivity contribution in [2.24, 2.45) is 5.73 Å². The summed E-state index contributed by atoms with van der Waals surface area (Å²) in [6, 6.07) is 3.15. The highest BCUT2D eigenvalue weighted by atomic mass is 16.1. The summed E-state index contributed by atoms with van der Waals surface area (Å²) < 4.78 is 2.89. The molecule has 0 aliphatic heterocycles. The Morgan fingerprint density at radius 2 is 2.05 bits per heavy atom. The molecular weight excluding hydrogens is 244 g/mol. The first-order valence-electron chi connectivity index (χ1n) is 5.79. The molecule has 3 rings (SSSR count). The number of rotatable bonds is 2. The van der Waals surface area contributed by atoms with Gasteiger partial charge in [0.25, 0.3) is 0 Å². The zero-order valence-electron chi connectivity index (χ0n) is 10.3. The van der Waals surface area contributed by atoms with Crippen LogP contribution in [0.5, 0.6) is 0 Å². The lowest BCUT2D eigenvalue weighted by Crippen LogP contribution is -2.31. The average molecular weight is 256 g/mol. The highest BCUT2D eigenvalue weighted by Crippen LogP contribution is 2.11. The lowest BCUT2D eigenvalue weighted by molar-refractivity contribution is 0.665. The van der Waals surface area contributed by atoms with Gasteiger partial charge in [-0.25, -0.2) is 24.3 Å². The summed E-state index contributed by atoms with van der Waals surface area (Å²) in [5.74, 6) is 0.478. The molecule has 3 aromatic rings. The highest BCUT2D eigenvalue weighted by Gasteiger charge is 2.15. The molecule has 2 N–H and O–H groups in total. The Hall–Kier alpha value is -2.54. The normalized spacial score (nSPS) is 12.7. The molecule has 0 saturated carbocycles.